The van der Waals surface area contributed by atoms with Gasteiger partial charge >= 0.3 is 0 Å². The Morgan fingerprint density at radius 3 is 3.00 bits per heavy atom. The number of nitrogens with one attached hydrogen (secondary N) is 1. The summed E-state index contributed by atoms with van der Waals surface area (Å²) in [4.78, 5) is 0. The van der Waals surface area contributed by atoms with Crippen molar-refractivity contribution in [3.05, 3.63) is 40.2 Å². The molecule has 0 fully saturated rings. The summed E-state index contributed by atoms with van der Waals surface area (Å²) in [7, 11) is 0. The molecule has 0 radical (unpaired) electrons. The third-order valence-electron chi connectivity index (χ3n) is 2.56. The Balaban J connectivity index is 2.25. The second kappa shape index (κ2) is 6.11. The Labute approximate surface area is 113 Å². The van der Waals surface area contributed by atoms with Gasteiger partial charge in [0, 0.05) is 16.6 Å². The molecular weight excluding hydrogens is 299 g/mol. The molecule has 1 N–H and O–H groups in total. The first-order valence-corrected chi connectivity index (χ1v) is 6.61. The highest BCUT2D eigenvalue weighted by Crippen LogP contribution is 2.28. The average molecular weight is 313 g/mol. The molecule has 18 heavy (non-hydrogen) atoms. The maximum Gasteiger partial charge on any atom is 0.174 e. The zero-order chi connectivity index (χ0) is 13.0. The molecule has 1 aromatic heterocycles. The lowest BCUT2D eigenvalue weighted by Crippen LogP contribution is -2.13. The van der Waals surface area contributed by atoms with E-state index in [1.165, 1.54) is 6.07 Å². The molecule has 0 aliphatic rings. The van der Waals surface area contributed by atoms with Crippen molar-refractivity contribution in [1.29, 1.82) is 0 Å². The van der Waals surface area contributed by atoms with Crippen LogP contribution in [0.3, 0.4) is 0 Å². The van der Waals surface area contributed by atoms with Crippen LogP contribution < -0.4 is 5.32 Å². The minimum Gasteiger partial charge on any atom is -0.356 e. The van der Waals surface area contributed by atoms with Gasteiger partial charge in [-0.1, -0.05) is 28.0 Å². The molecule has 0 aliphatic carbocycles. The Bertz CT molecular complexity index is 527. The van der Waals surface area contributed by atoms with Crippen molar-refractivity contribution < 1.29 is 8.91 Å². The van der Waals surface area contributed by atoms with Crippen molar-refractivity contribution in [2.75, 3.05) is 6.54 Å². The Morgan fingerprint density at radius 1 is 1.44 bits per heavy atom. The minimum absolute atomic E-state index is 0.321. The molecule has 1 aromatic carbocycles. The predicted octanol–water partition coefficient (Wildman–Crippen LogP) is 3.74. The van der Waals surface area contributed by atoms with Crippen LogP contribution in [0.5, 0.6) is 0 Å². The molecule has 0 bridgehead atoms. The highest BCUT2D eigenvalue weighted by Gasteiger charge is 2.14. The maximum atomic E-state index is 13.8. The van der Waals surface area contributed by atoms with E-state index in [1.807, 2.05) is 0 Å². The van der Waals surface area contributed by atoms with Crippen LogP contribution in [0.4, 0.5) is 4.39 Å². The van der Waals surface area contributed by atoms with E-state index in [1.54, 1.807) is 18.3 Å². The van der Waals surface area contributed by atoms with Crippen LogP contribution in [0.15, 0.2) is 33.4 Å². The highest BCUT2D eigenvalue weighted by atomic mass is 79.9. The van der Waals surface area contributed by atoms with E-state index in [0.29, 0.717) is 22.3 Å². The lowest BCUT2D eigenvalue weighted by Gasteiger charge is -2.04. The molecule has 3 nitrogen and oxygen atoms in total. The number of rotatable bonds is 5. The molecule has 0 saturated carbocycles. The van der Waals surface area contributed by atoms with Gasteiger partial charge in [-0.05, 0) is 31.2 Å². The van der Waals surface area contributed by atoms with Gasteiger partial charge in [-0.15, -0.1) is 0 Å². The zero-order valence-corrected chi connectivity index (χ0v) is 11.6. The monoisotopic (exact) mass is 312 g/mol. The normalized spacial score (nSPS) is 10.8. The van der Waals surface area contributed by atoms with Gasteiger partial charge in [-0.2, -0.15) is 0 Å². The van der Waals surface area contributed by atoms with Crippen LogP contribution in [-0.4, -0.2) is 11.7 Å². The van der Waals surface area contributed by atoms with Crippen molar-refractivity contribution >= 4 is 15.9 Å². The fourth-order valence-electron chi connectivity index (χ4n) is 1.68. The molecule has 1 heterocycles. The summed E-state index contributed by atoms with van der Waals surface area (Å²) in [6.45, 7) is 3.63. The second-order valence-corrected chi connectivity index (χ2v) is 4.90. The van der Waals surface area contributed by atoms with Crippen LogP contribution in [-0.2, 0) is 6.54 Å². The van der Waals surface area contributed by atoms with Crippen molar-refractivity contribution in [2.24, 2.45) is 0 Å². The first kappa shape index (κ1) is 13.2. The third kappa shape index (κ3) is 2.97. The smallest absolute Gasteiger partial charge is 0.174 e. The largest absolute Gasteiger partial charge is 0.356 e. The predicted molar refractivity (Wildman–Crippen MR) is 71.6 cm³/mol. The highest BCUT2D eigenvalue weighted by molar-refractivity contribution is 9.10. The zero-order valence-electron chi connectivity index (χ0n) is 10.0. The summed E-state index contributed by atoms with van der Waals surface area (Å²) in [5, 5.41) is 6.99. The fraction of sp³-hybridized carbons (Fsp3) is 0.308. The van der Waals surface area contributed by atoms with E-state index < -0.39 is 0 Å². The topological polar surface area (TPSA) is 38.1 Å². The number of hydrogen-bond donors (Lipinski definition) is 1. The SMILES string of the molecule is CCCNCc1cnoc1-c1ccc(Br)cc1F. The average Bonchev–Trinajstić information content (AvgIpc) is 2.78. The number of nitrogens with zero attached hydrogens (tertiary/aromatic N) is 1. The van der Waals surface area contributed by atoms with Crippen molar-refractivity contribution in [2.45, 2.75) is 19.9 Å². The number of hydrogen-bond acceptors (Lipinski definition) is 3. The number of aromatic nitrogens is 1. The first-order chi connectivity index (χ1) is 8.72. The van der Waals surface area contributed by atoms with Crippen LogP contribution in [0.2, 0.25) is 0 Å². The first-order valence-electron chi connectivity index (χ1n) is 5.82. The quantitative estimate of drug-likeness (QED) is 0.855. The van der Waals surface area contributed by atoms with Crippen LogP contribution in [0.25, 0.3) is 11.3 Å². The summed E-state index contributed by atoms with van der Waals surface area (Å²) in [6, 6.07) is 4.88. The Kier molecular flexibility index (Phi) is 4.49. The summed E-state index contributed by atoms with van der Waals surface area (Å²) in [5.41, 5.74) is 1.30. The van der Waals surface area contributed by atoms with E-state index in [-0.39, 0.29) is 5.82 Å². The Hall–Kier alpha value is -1.20. The van der Waals surface area contributed by atoms with Gasteiger partial charge in [0.2, 0.25) is 0 Å². The lowest BCUT2D eigenvalue weighted by molar-refractivity contribution is 0.429. The van der Waals surface area contributed by atoms with E-state index in [0.717, 1.165) is 18.5 Å². The maximum absolute atomic E-state index is 13.8. The van der Waals surface area contributed by atoms with E-state index in [4.69, 9.17) is 4.52 Å². The minimum atomic E-state index is -0.321. The van der Waals surface area contributed by atoms with Crippen molar-refractivity contribution in [3.8, 4) is 11.3 Å². The van der Waals surface area contributed by atoms with Gasteiger partial charge in [-0.3, -0.25) is 0 Å². The van der Waals surface area contributed by atoms with E-state index >= 15 is 0 Å². The summed E-state index contributed by atoms with van der Waals surface area (Å²) < 4.78 is 19.7. The molecule has 2 rings (SSSR count). The third-order valence-corrected chi connectivity index (χ3v) is 3.06. The van der Waals surface area contributed by atoms with E-state index in [9.17, 15) is 4.39 Å². The molecule has 0 atom stereocenters. The molecule has 0 aliphatic heterocycles. The number of halogens is 2. The van der Waals surface area contributed by atoms with Gasteiger partial charge in [0.25, 0.3) is 0 Å². The fourth-order valence-corrected chi connectivity index (χ4v) is 2.01. The summed E-state index contributed by atoms with van der Waals surface area (Å²) in [6.07, 6.45) is 2.67. The van der Waals surface area contributed by atoms with Crippen LogP contribution >= 0.6 is 15.9 Å². The van der Waals surface area contributed by atoms with Crippen LogP contribution in [0, 0.1) is 5.82 Å². The molecule has 0 unspecified atom stereocenters. The molecule has 5 heteroatoms. The van der Waals surface area contributed by atoms with Gasteiger partial charge in [0.05, 0.1) is 11.8 Å². The van der Waals surface area contributed by atoms with Gasteiger partial charge in [0.15, 0.2) is 5.76 Å². The number of benzene rings is 1. The molecular formula is C13H14BrFN2O. The lowest BCUT2D eigenvalue weighted by atomic mass is 10.1. The summed E-state index contributed by atoms with van der Waals surface area (Å²) >= 11 is 3.23. The van der Waals surface area contributed by atoms with Gasteiger partial charge in [-0.25, -0.2) is 4.39 Å². The molecule has 96 valence electrons. The molecule has 0 amide bonds. The van der Waals surface area contributed by atoms with Gasteiger partial charge in [0.1, 0.15) is 5.82 Å². The van der Waals surface area contributed by atoms with Crippen molar-refractivity contribution in [3.63, 3.8) is 0 Å². The standard InChI is InChI=1S/C13H14BrFN2O/c1-2-5-16-7-9-8-17-18-13(9)11-4-3-10(14)6-12(11)15/h3-4,6,8,16H,2,5,7H2,1H3. The Morgan fingerprint density at radius 2 is 2.28 bits per heavy atom. The van der Waals surface area contributed by atoms with Gasteiger partial charge < -0.3 is 9.84 Å². The molecule has 2 aromatic rings. The second-order valence-electron chi connectivity index (χ2n) is 3.98. The van der Waals surface area contributed by atoms with Crippen molar-refractivity contribution in [1.82, 2.24) is 10.5 Å². The molecule has 0 saturated heterocycles. The van der Waals surface area contributed by atoms with E-state index in [2.05, 4.69) is 33.3 Å². The summed E-state index contributed by atoms with van der Waals surface area (Å²) in [5.74, 6) is 0.168. The van der Waals surface area contributed by atoms with Crippen LogP contribution in [0.1, 0.15) is 18.9 Å². The molecule has 0 spiro atoms.